The molecular weight excluding hydrogens is 382 g/mol. The van der Waals surface area contributed by atoms with Crippen LogP contribution < -0.4 is 5.32 Å². The minimum absolute atomic E-state index is 0.209. The lowest BCUT2D eigenvalue weighted by Gasteiger charge is -2.23. The Kier molecular flexibility index (Phi) is 6.79. The van der Waals surface area contributed by atoms with Gasteiger partial charge < -0.3 is 19.5 Å². The molecule has 2 amide bonds. The molecule has 1 N–H and O–H groups in total. The highest BCUT2D eigenvalue weighted by Crippen LogP contribution is 2.24. The number of ether oxygens (including phenoxy) is 1. The zero-order valence-corrected chi connectivity index (χ0v) is 17.8. The number of pyridine rings is 1. The Morgan fingerprint density at radius 3 is 2.57 bits per heavy atom. The quantitative estimate of drug-likeness (QED) is 0.631. The third-order valence-electron chi connectivity index (χ3n) is 4.41. The van der Waals surface area contributed by atoms with Crippen LogP contribution in [-0.2, 0) is 16.7 Å². The molecule has 1 aromatic carbocycles. The van der Waals surface area contributed by atoms with E-state index in [2.05, 4.69) is 20.4 Å². The van der Waals surface area contributed by atoms with E-state index in [1.165, 1.54) is 0 Å². The normalized spacial score (nSPS) is 11.3. The van der Waals surface area contributed by atoms with Crippen molar-refractivity contribution in [3.05, 3.63) is 60.2 Å². The highest BCUT2D eigenvalue weighted by atomic mass is 16.5. The van der Waals surface area contributed by atoms with E-state index in [9.17, 15) is 4.79 Å². The molecule has 0 bridgehead atoms. The minimum Gasteiger partial charge on any atom is -0.383 e. The Morgan fingerprint density at radius 1 is 1.20 bits per heavy atom. The van der Waals surface area contributed by atoms with Crippen molar-refractivity contribution >= 4 is 11.7 Å². The summed E-state index contributed by atoms with van der Waals surface area (Å²) < 4.78 is 10.5. The number of hydrogen-bond acceptors (Lipinski definition) is 6. The van der Waals surface area contributed by atoms with Gasteiger partial charge in [-0.05, 0) is 35.9 Å². The van der Waals surface area contributed by atoms with E-state index in [0.717, 1.165) is 11.1 Å². The van der Waals surface area contributed by atoms with E-state index in [0.29, 0.717) is 37.1 Å². The molecular formula is C22H27N5O3. The van der Waals surface area contributed by atoms with Gasteiger partial charge in [-0.1, -0.05) is 32.0 Å². The smallest absolute Gasteiger partial charge is 0.322 e. The first-order valence-electron chi connectivity index (χ1n) is 9.75. The Hall–Kier alpha value is -3.26. The first-order chi connectivity index (χ1) is 14.4. The predicted octanol–water partition coefficient (Wildman–Crippen LogP) is 4.11. The number of rotatable bonds is 7. The van der Waals surface area contributed by atoms with Gasteiger partial charge in [-0.3, -0.25) is 4.98 Å². The van der Waals surface area contributed by atoms with Gasteiger partial charge in [0.25, 0.3) is 0 Å². The van der Waals surface area contributed by atoms with Crippen LogP contribution in [0.3, 0.4) is 0 Å². The summed E-state index contributed by atoms with van der Waals surface area (Å²) in [6.45, 7) is 7.41. The molecule has 0 saturated heterocycles. The topological polar surface area (TPSA) is 93.4 Å². The van der Waals surface area contributed by atoms with Gasteiger partial charge in [0.05, 0.1) is 6.61 Å². The molecule has 0 spiro atoms. The van der Waals surface area contributed by atoms with Gasteiger partial charge in [0.15, 0.2) is 0 Å². The molecule has 0 aliphatic rings. The molecule has 2 heterocycles. The fourth-order valence-corrected chi connectivity index (χ4v) is 2.72. The van der Waals surface area contributed by atoms with Gasteiger partial charge in [-0.25, -0.2) is 4.79 Å². The predicted molar refractivity (Wildman–Crippen MR) is 114 cm³/mol. The highest BCUT2D eigenvalue weighted by Gasteiger charge is 2.22. The monoisotopic (exact) mass is 409 g/mol. The lowest BCUT2D eigenvalue weighted by molar-refractivity contribution is 0.153. The zero-order chi connectivity index (χ0) is 21.6. The summed E-state index contributed by atoms with van der Waals surface area (Å²) >= 11 is 0. The van der Waals surface area contributed by atoms with E-state index >= 15 is 0 Å². The minimum atomic E-state index is -0.210. The lowest BCUT2D eigenvalue weighted by Crippen LogP contribution is -2.36. The van der Waals surface area contributed by atoms with Crippen LogP contribution in [0, 0.1) is 0 Å². The number of hydrogen-bond donors (Lipinski definition) is 1. The SMILES string of the molecule is COCCN(Cc1cccnc1)C(=O)Nc1ccc(-c2noc(C(C)(C)C)n2)cc1. The second kappa shape index (κ2) is 9.49. The van der Waals surface area contributed by atoms with Crippen LogP contribution in [0.1, 0.15) is 32.2 Å². The van der Waals surface area contributed by atoms with Crippen LogP contribution in [-0.4, -0.2) is 46.3 Å². The van der Waals surface area contributed by atoms with Crippen LogP contribution in [0.4, 0.5) is 10.5 Å². The van der Waals surface area contributed by atoms with Gasteiger partial charge in [-0.15, -0.1) is 0 Å². The Labute approximate surface area is 176 Å². The summed E-state index contributed by atoms with van der Waals surface area (Å²) in [6, 6.07) is 10.9. The number of nitrogens with zero attached hydrogens (tertiary/aromatic N) is 4. The number of anilines is 1. The maximum absolute atomic E-state index is 12.8. The van der Waals surface area contributed by atoms with Crippen molar-refractivity contribution < 1.29 is 14.1 Å². The fraction of sp³-hybridized carbons (Fsp3) is 0.364. The molecule has 8 heteroatoms. The highest BCUT2D eigenvalue weighted by molar-refractivity contribution is 5.89. The molecule has 0 aliphatic carbocycles. The third-order valence-corrected chi connectivity index (χ3v) is 4.41. The molecule has 0 saturated carbocycles. The molecule has 2 aromatic heterocycles. The standard InChI is InChI=1S/C22H27N5O3/c1-22(2,3)20-25-19(26-30-20)17-7-9-18(10-8-17)24-21(28)27(12-13-29-4)15-16-6-5-11-23-14-16/h5-11,14H,12-13,15H2,1-4H3,(H,24,28). The summed E-state index contributed by atoms with van der Waals surface area (Å²) in [5, 5.41) is 6.98. The number of benzene rings is 1. The van der Waals surface area contributed by atoms with Gasteiger partial charge in [0.2, 0.25) is 11.7 Å². The Balaban J connectivity index is 1.68. The first kappa shape index (κ1) is 21.4. The molecule has 158 valence electrons. The molecule has 0 radical (unpaired) electrons. The maximum Gasteiger partial charge on any atom is 0.322 e. The van der Waals surface area contributed by atoms with E-state index in [4.69, 9.17) is 9.26 Å². The summed E-state index contributed by atoms with van der Waals surface area (Å²) in [7, 11) is 1.61. The van der Waals surface area contributed by atoms with E-state index in [-0.39, 0.29) is 11.4 Å². The lowest BCUT2D eigenvalue weighted by atomic mass is 9.97. The average molecular weight is 409 g/mol. The summed E-state index contributed by atoms with van der Waals surface area (Å²) in [6.07, 6.45) is 3.46. The van der Waals surface area contributed by atoms with E-state index in [1.807, 2.05) is 57.2 Å². The van der Waals surface area contributed by atoms with Crippen molar-refractivity contribution in [1.82, 2.24) is 20.0 Å². The number of methoxy groups -OCH3 is 1. The van der Waals surface area contributed by atoms with Crippen molar-refractivity contribution in [2.24, 2.45) is 0 Å². The van der Waals surface area contributed by atoms with Crippen molar-refractivity contribution in [1.29, 1.82) is 0 Å². The molecule has 30 heavy (non-hydrogen) atoms. The number of amides is 2. The third kappa shape index (κ3) is 5.64. The second-order valence-corrected chi connectivity index (χ2v) is 7.96. The number of urea groups is 1. The summed E-state index contributed by atoms with van der Waals surface area (Å²) in [5.41, 5.74) is 2.24. The van der Waals surface area contributed by atoms with Crippen LogP contribution in [0.5, 0.6) is 0 Å². The van der Waals surface area contributed by atoms with E-state index < -0.39 is 0 Å². The number of carbonyl (C=O) groups excluding carboxylic acids is 1. The Bertz CT molecular complexity index is 949. The fourth-order valence-electron chi connectivity index (χ4n) is 2.72. The molecule has 0 atom stereocenters. The Morgan fingerprint density at radius 2 is 1.97 bits per heavy atom. The molecule has 8 nitrogen and oxygen atoms in total. The molecule has 0 aliphatic heterocycles. The number of aromatic nitrogens is 3. The van der Waals surface area contributed by atoms with Gasteiger partial charge in [-0.2, -0.15) is 4.98 Å². The van der Waals surface area contributed by atoms with Crippen molar-refractivity contribution in [2.45, 2.75) is 32.7 Å². The van der Waals surface area contributed by atoms with Crippen molar-refractivity contribution in [3.8, 4) is 11.4 Å². The van der Waals surface area contributed by atoms with Crippen molar-refractivity contribution in [3.63, 3.8) is 0 Å². The number of carbonyl (C=O) groups is 1. The second-order valence-electron chi connectivity index (χ2n) is 7.96. The molecule has 0 unspecified atom stereocenters. The first-order valence-corrected chi connectivity index (χ1v) is 9.75. The van der Waals surface area contributed by atoms with Crippen LogP contribution in [0.25, 0.3) is 11.4 Å². The molecule has 3 aromatic rings. The summed E-state index contributed by atoms with van der Waals surface area (Å²) in [4.78, 5) is 23.0. The molecule has 0 fully saturated rings. The maximum atomic E-state index is 12.8. The van der Waals surface area contributed by atoms with Crippen LogP contribution >= 0.6 is 0 Å². The van der Waals surface area contributed by atoms with Crippen molar-refractivity contribution in [2.75, 3.05) is 25.6 Å². The zero-order valence-electron chi connectivity index (χ0n) is 17.8. The van der Waals surface area contributed by atoms with Gasteiger partial charge >= 0.3 is 6.03 Å². The van der Waals surface area contributed by atoms with Gasteiger partial charge in [0.1, 0.15) is 0 Å². The molecule has 3 rings (SSSR count). The van der Waals surface area contributed by atoms with Crippen LogP contribution in [0.2, 0.25) is 0 Å². The largest absolute Gasteiger partial charge is 0.383 e. The summed E-state index contributed by atoms with van der Waals surface area (Å²) in [5.74, 6) is 1.11. The average Bonchev–Trinajstić information content (AvgIpc) is 3.23. The van der Waals surface area contributed by atoms with Gasteiger partial charge in [0, 0.05) is 49.3 Å². The number of nitrogens with one attached hydrogen (secondary N) is 1. The van der Waals surface area contributed by atoms with E-state index in [1.54, 1.807) is 24.4 Å². The van der Waals surface area contributed by atoms with Crippen LogP contribution in [0.15, 0.2) is 53.3 Å².